The van der Waals surface area contributed by atoms with E-state index in [0.717, 1.165) is 22.0 Å². The molecule has 3 aromatic rings. The highest BCUT2D eigenvalue weighted by atomic mass is 32.2. The molecule has 1 aliphatic heterocycles. The predicted octanol–water partition coefficient (Wildman–Crippen LogP) is 4.81. The Morgan fingerprint density at radius 1 is 1.03 bits per heavy atom. The van der Waals surface area contributed by atoms with Gasteiger partial charge in [0.25, 0.3) is 0 Å². The number of rotatable bonds is 4. The average molecular weight is 404 g/mol. The summed E-state index contributed by atoms with van der Waals surface area (Å²) in [6.07, 6.45) is 8.89. The second-order valence-corrected chi connectivity index (χ2v) is 10.2. The molecule has 0 amide bonds. The van der Waals surface area contributed by atoms with Gasteiger partial charge in [-0.05, 0) is 51.5 Å². The predicted molar refractivity (Wildman–Crippen MR) is 123 cm³/mol. The Morgan fingerprint density at radius 3 is 2.59 bits per heavy atom. The Kier molecular flexibility index (Phi) is 4.29. The van der Waals surface area contributed by atoms with Gasteiger partial charge in [0.2, 0.25) is 0 Å². The molecule has 0 spiro atoms. The van der Waals surface area contributed by atoms with Crippen molar-refractivity contribution in [3.63, 3.8) is 0 Å². The monoisotopic (exact) mass is 404 g/mol. The van der Waals surface area contributed by atoms with Crippen molar-refractivity contribution in [3.8, 4) is 0 Å². The molecule has 2 heterocycles. The minimum absolute atomic E-state index is 0.388. The van der Waals surface area contributed by atoms with Crippen molar-refractivity contribution < 1.29 is 14.2 Å². The molecule has 29 heavy (non-hydrogen) atoms. The van der Waals surface area contributed by atoms with E-state index in [1.807, 2.05) is 37.7 Å². The maximum absolute atomic E-state index is 10.4. The normalized spacial score (nSPS) is 21.0. The number of fused-ring (bicyclic) bond motifs is 7. The molecular formula is C24H25BO3S. The number of allylic oxidation sites excluding steroid dienone is 3. The summed E-state index contributed by atoms with van der Waals surface area (Å²) in [5, 5.41) is 13.2. The zero-order valence-corrected chi connectivity index (χ0v) is 18.0. The van der Waals surface area contributed by atoms with E-state index in [1.54, 1.807) is 13.8 Å². The van der Waals surface area contributed by atoms with Crippen LogP contribution in [0.25, 0.3) is 21.9 Å². The van der Waals surface area contributed by atoms with E-state index in [9.17, 15) is 5.11 Å². The van der Waals surface area contributed by atoms with E-state index in [0.29, 0.717) is 18.7 Å². The lowest BCUT2D eigenvalue weighted by molar-refractivity contribution is -0.0893. The molecular weight excluding hydrogens is 379 g/mol. The molecule has 0 fully saturated rings. The topological polar surface area (TPSA) is 42.6 Å². The molecule has 1 aromatic heterocycles. The van der Waals surface area contributed by atoms with Crippen LogP contribution in [-0.4, -0.2) is 29.0 Å². The van der Waals surface area contributed by atoms with Crippen LogP contribution in [0.4, 0.5) is 0 Å². The van der Waals surface area contributed by atoms with Gasteiger partial charge >= 0.3 is 7.48 Å². The molecule has 2 unspecified atom stereocenters. The van der Waals surface area contributed by atoms with Crippen LogP contribution in [-0.2, 0) is 4.65 Å². The summed E-state index contributed by atoms with van der Waals surface area (Å²) < 4.78 is 12.3. The minimum Gasteiger partial charge on any atom is -0.456 e. The Bertz CT molecular complexity index is 1170. The fourth-order valence-corrected chi connectivity index (χ4v) is 5.34. The van der Waals surface area contributed by atoms with Gasteiger partial charge in [-0.1, -0.05) is 41.9 Å². The Hall–Kier alpha value is -1.95. The van der Waals surface area contributed by atoms with Gasteiger partial charge in [-0.3, -0.25) is 0 Å². The van der Waals surface area contributed by atoms with Gasteiger partial charge in [0, 0.05) is 26.8 Å². The van der Waals surface area contributed by atoms with Crippen LogP contribution in [0, 0.1) is 0 Å². The summed E-state index contributed by atoms with van der Waals surface area (Å²) in [4.78, 5) is 1.34. The summed E-state index contributed by atoms with van der Waals surface area (Å²) in [6, 6.07) is 10.6. The molecule has 0 saturated carbocycles. The van der Waals surface area contributed by atoms with Crippen LogP contribution in [0.5, 0.6) is 0 Å². The van der Waals surface area contributed by atoms with Gasteiger partial charge in [-0.25, -0.2) is 0 Å². The maximum Gasteiger partial charge on any atom is 0.309 e. The summed E-state index contributed by atoms with van der Waals surface area (Å²) >= 11 is 1.94. The van der Waals surface area contributed by atoms with Gasteiger partial charge in [0.1, 0.15) is 11.2 Å². The molecule has 3 nitrogen and oxygen atoms in total. The van der Waals surface area contributed by atoms with Crippen molar-refractivity contribution in [1.29, 1.82) is 0 Å². The Morgan fingerprint density at radius 2 is 1.79 bits per heavy atom. The molecule has 1 aliphatic carbocycles. The average Bonchev–Trinajstić information content (AvgIpc) is 3.22. The number of thioether (sulfide) groups is 1. The molecule has 2 atom stereocenters. The zero-order valence-electron chi connectivity index (χ0n) is 17.2. The summed E-state index contributed by atoms with van der Waals surface area (Å²) in [5.74, 6) is 0.388. The van der Waals surface area contributed by atoms with Crippen LogP contribution in [0.3, 0.4) is 0 Å². The summed E-state index contributed by atoms with van der Waals surface area (Å²) in [6.45, 7) is 7.41. The third-order valence-corrected chi connectivity index (χ3v) is 7.79. The lowest BCUT2D eigenvalue weighted by Crippen LogP contribution is -2.49. The number of hydrogen-bond acceptors (Lipinski definition) is 4. The molecule has 0 radical (unpaired) electrons. The number of benzene rings is 2. The van der Waals surface area contributed by atoms with E-state index in [-0.39, 0.29) is 0 Å². The third kappa shape index (κ3) is 3.07. The van der Waals surface area contributed by atoms with Crippen molar-refractivity contribution in [2.24, 2.45) is 0 Å². The first-order valence-corrected chi connectivity index (χ1v) is 11.0. The van der Waals surface area contributed by atoms with Crippen molar-refractivity contribution in [2.75, 3.05) is 0 Å². The van der Waals surface area contributed by atoms with Crippen molar-refractivity contribution >= 4 is 46.6 Å². The lowest BCUT2D eigenvalue weighted by atomic mass is 9.82. The summed E-state index contributed by atoms with van der Waals surface area (Å²) in [7, 11) is 0.443. The summed E-state index contributed by atoms with van der Waals surface area (Å²) in [5.41, 5.74) is 2.74. The second-order valence-electron chi connectivity index (χ2n) is 9.02. The van der Waals surface area contributed by atoms with Gasteiger partial charge < -0.3 is 14.2 Å². The fourth-order valence-electron chi connectivity index (χ4n) is 3.99. The molecule has 2 aromatic carbocycles. The Labute approximate surface area is 176 Å². The van der Waals surface area contributed by atoms with Crippen LogP contribution >= 0.6 is 11.8 Å². The van der Waals surface area contributed by atoms with E-state index in [2.05, 4.69) is 42.5 Å². The Balaban J connectivity index is 1.58. The van der Waals surface area contributed by atoms with Gasteiger partial charge in [0.15, 0.2) is 0 Å². The van der Waals surface area contributed by atoms with E-state index >= 15 is 0 Å². The third-order valence-electron chi connectivity index (χ3n) is 6.45. The molecule has 0 bridgehead atoms. The molecule has 148 valence electrons. The minimum atomic E-state index is -0.923. The highest BCUT2D eigenvalue weighted by molar-refractivity contribution is 8.00. The van der Waals surface area contributed by atoms with Crippen molar-refractivity contribution in [1.82, 2.24) is 0 Å². The van der Waals surface area contributed by atoms with Gasteiger partial charge in [-0.15, -0.1) is 11.8 Å². The van der Waals surface area contributed by atoms with Crippen LogP contribution in [0.2, 0.25) is 0 Å². The quantitative estimate of drug-likeness (QED) is 0.634. The lowest BCUT2D eigenvalue weighted by Gasteiger charge is -2.37. The van der Waals surface area contributed by atoms with Crippen molar-refractivity contribution in [2.45, 2.75) is 55.0 Å². The first-order chi connectivity index (χ1) is 13.7. The first-order valence-electron chi connectivity index (χ1n) is 10.1. The van der Waals surface area contributed by atoms with Crippen LogP contribution in [0.1, 0.15) is 39.2 Å². The van der Waals surface area contributed by atoms with E-state index in [4.69, 9.17) is 9.07 Å². The van der Waals surface area contributed by atoms with Crippen LogP contribution in [0.15, 0.2) is 63.9 Å². The van der Waals surface area contributed by atoms with Crippen molar-refractivity contribution in [3.05, 3.63) is 60.2 Å². The number of furan rings is 1. The maximum atomic E-state index is 10.4. The molecule has 5 rings (SSSR count). The molecule has 5 heteroatoms. The van der Waals surface area contributed by atoms with Gasteiger partial charge in [0.05, 0.1) is 11.2 Å². The number of hydrogen-bond donors (Lipinski definition) is 1. The first kappa shape index (κ1) is 19.0. The van der Waals surface area contributed by atoms with E-state index < -0.39 is 11.2 Å². The highest BCUT2D eigenvalue weighted by Crippen LogP contribution is 2.52. The fraction of sp³-hybridized carbons (Fsp3) is 0.333. The molecule has 2 aliphatic rings. The standard InChI is InChI=1S/C24H25BO3S/c1-23(2,26)24(3,4)28-25-14-9-10-17-16(13-14)21-18(27-17)11-12-20-22(21)15-7-5-6-8-19(15)29-20/h5-13,15,19,25-26H,1-4H3. The van der Waals surface area contributed by atoms with Gasteiger partial charge in [-0.2, -0.15) is 0 Å². The molecule has 1 N–H and O–H groups in total. The number of aliphatic hydroxyl groups is 1. The highest BCUT2D eigenvalue weighted by Gasteiger charge is 2.36. The zero-order chi connectivity index (χ0) is 20.4. The SMILES string of the molecule is CC(C)(O)C(C)(C)OBc1ccc2oc3ccc4c(c3c2c1)C1C=CC=CC1S4. The van der Waals surface area contributed by atoms with E-state index in [1.165, 1.54) is 15.8 Å². The smallest absolute Gasteiger partial charge is 0.309 e. The molecule has 0 saturated heterocycles. The largest absolute Gasteiger partial charge is 0.456 e. The van der Waals surface area contributed by atoms with Crippen LogP contribution < -0.4 is 5.46 Å². The second kappa shape index (κ2) is 6.53.